The first-order valence-electron chi connectivity index (χ1n) is 11.4. The summed E-state index contributed by atoms with van der Waals surface area (Å²) in [6.07, 6.45) is 6.45. The van der Waals surface area contributed by atoms with E-state index in [9.17, 15) is 0 Å². The molecule has 164 valence electrons. The number of anilines is 3. The lowest BCUT2D eigenvalue weighted by Gasteiger charge is -2.26. The third kappa shape index (κ3) is 4.07. The Morgan fingerprint density at radius 3 is 2.53 bits per heavy atom. The second-order valence-corrected chi connectivity index (χ2v) is 9.22. The van der Waals surface area contributed by atoms with Gasteiger partial charge in [0.1, 0.15) is 0 Å². The molecule has 0 saturated heterocycles. The zero-order valence-corrected chi connectivity index (χ0v) is 19.4. The van der Waals surface area contributed by atoms with Crippen molar-refractivity contribution >= 4 is 28.4 Å². The summed E-state index contributed by atoms with van der Waals surface area (Å²) in [7, 11) is 2.11. The van der Waals surface area contributed by atoms with E-state index >= 15 is 0 Å². The zero-order chi connectivity index (χ0) is 22.2. The van der Waals surface area contributed by atoms with Crippen molar-refractivity contribution in [2.24, 2.45) is 13.0 Å². The number of aryl methyl sites for hydroxylation is 4. The van der Waals surface area contributed by atoms with Crippen molar-refractivity contribution < 1.29 is 0 Å². The SMILES string of the molecule is Cc1cc(C)c(Nc2nc3cccc(N(Cc4cccnc4)CC4CC4)c3n2C)c(C)c1. The zero-order valence-electron chi connectivity index (χ0n) is 19.4. The summed E-state index contributed by atoms with van der Waals surface area (Å²) >= 11 is 0. The Hall–Kier alpha value is -3.34. The molecule has 1 N–H and O–H groups in total. The average molecular weight is 426 g/mol. The van der Waals surface area contributed by atoms with Crippen LogP contribution < -0.4 is 10.2 Å². The summed E-state index contributed by atoms with van der Waals surface area (Å²) in [6.45, 7) is 8.37. The smallest absolute Gasteiger partial charge is 0.208 e. The molecule has 0 aliphatic heterocycles. The van der Waals surface area contributed by atoms with Gasteiger partial charge in [0.25, 0.3) is 0 Å². The van der Waals surface area contributed by atoms with E-state index in [1.54, 1.807) is 0 Å². The summed E-state index contributed by atoms with van der Waals surface area (Å²) in [5.74, 6) is 1.65. The molecule has 0 radical (unpaired) electrons. The van der Waals surface area contributed by atoms with Crippen LogP contribution >= 0.6 is 0 Å². The molecule has 5 nitrogen and oxygen atoms in total. The van der Waals surface area contributed by atoms with Crippen LogP contribution in [0.1, 0.15) is 35.1 Å². The molecule has 0 atom stereocenters. The predicted octanol–water partition coefficient (Wildman–Crippen LogP) is 6.05. The molecule has 2 aromatic carbocycles. The van der Waals surface area contributed by atoms with E-state index < -0.39 is 0 Å². The van der Waals surface area contributed by atoms with Crippen molar-refractivity contribution in [1.82, 2.24) is 14.5 Å². The lowest BCUT2D eigenvalue weighted by molar-refractivity contribution is 0.721. The van der Waals surface area contributed by atoms with Gasteiger partial charge < -0.3 is 14.8 Å². The molecular weight excluding hydrogens is 394 g/mol. The Bertz CT molecular complexity index is 1230. The fraction of sp³-hybridized carbons (Fsp3) is 0.333. The molecule has 0 unspecified atom stereocenters. The summed E-state index contributed by atoms with van der Waals surface area (Å²) in [5, 5.41) is 3.62. The number of benzene rings is 2. The number of aromatic nitrogens is 3. The minimum atomic E-state index is 0.783. The lowest BCUT2D eigenvalue weighted by Crippen LogP contribution is -2.25. The summed E-state index contributed by atoms with van der Waals surface area (Å²) in [5.41, 5.74) is 9.55. The van der Waals surface area contributed by atoms with Crippen molar-refractivity contribution in [3.8, 4) is 0 Å². The molecule has 1 aliphatic carbocycles. The second-order valence-electron chi connectivity index (χ2n) is 9.22. The number of hydrogen-bond acceptors (Lipinski definition) is 4. The van der Waals surface area contributed by atoms with Gasteiger partial charge in [-0.25, -0.2) is 4.98 Å². The van der Waals surface area contributed by atoms with Crippen molar-refractivity contribution in [3.05, 3.63) is 77.1 Å². The van der Waals surface area contributed by atoms with Gasteiger partial charge in [0, 0.05) is 38.2 Å². The summed E-state index contributed by atoms with van der Waals surface area (Å²) < 4.78 is 2.20. The maximum absolute atomic E-state index is 4.97. The lowest BCUT2D eigenvalue weighted by atomic mass is 10.1. The fourth-order valence-electron chi connectivity index (χ4n) is 4.68. The van der Waals surface area contributed by atoms with E-state index in [2.05, 4.69) is 84.0 Å². The molecular formula is C27H31N5. The maximum atomic E-state index is 4.97. The van der Waals surface area contributed by atoms with Gasteiger partial charge in [-0.05, 0) is 74.4 Å². The van der Waals surface area contributed by atoms with Crippen LogP contribution in [0.5, 0.6) is 0 Å². The van der Waals surface area contributed by atoms with E-state index in [1.165, 1.54) is 46.3 Å². The number of rotatable bonds is 7. The van der Waals surface area contributed by atoms with Crippen LogP contribution in [0.3, 0.4) is 0 Å². The molecule has 1 fully saturated rings. The average Bonchev–Trinajstić information content (AvgIpc) is 3.53. The topological polar surface area (TPSA) is 46.0 Å². The monoisotopic (exact) mass is 425 g/mol. The van der Waals surface area contributed by atoms with Gasteiger partial charge in [-0.1, -0.05) is 29.8 Å². The number of nitrogens with one attached hydrogen (secondary N) is 1. The molecule has 2 aromatic heterocycles. The third-order valence-corrected chi connectivity index (χ3v) is 6.40. The number of pyridine rings is 1. The summed E-state index contributed by atoms with van der Waals surface area (Å²) in [4.78, 5) is 11.8. The minimum absolute atomic E-state index is 0.783. The van der Waals surface area contributed by atoms with Crippen LogP contribution in [0, 0.1) is 26.7 Å². The molecule has 1 aliphatic rings. The standard InChI is InChI=1S/C27H31N5/c1-18-13-19(2)25(20(3)14-18)30-27-29-23-8-5-9-24(26(23)31(27)4)32(16-21-10-11-21)17-22-7-6-12-28-15-22/h5-9,12-15,21H,10-11,16-17H2,1-4H3,(H,29,30). The van der Waals surface area contributed by atoms with Gasteiger partial charge in [-0.2, -0.15) is 0 Å². The first-order chi connectivity index (χ1) is 15.5. The van der Waals surface area contributed by atoms with E-state index in [0.29, 0.717) is 0 Å². The Labute approximate surface area is 190 Å². The van der Waals surface area contributed by atoms with E-state index in [-0.39, 0.29) is 0 Å². The van der Waals surface area contributed by atoms with Crippen LogP contribution in [0.25, 0.3) is 11.0 Å². The quantitative estimate of drug-likeness (QED) is 0.391. The van der Waals surface area contributed by atoms with Crippen LogP contribution in [0.2, 0.25) is 0 Å². The summed E-state index contributed by atoms with van der Waals surface area (Å²) in [6, 6.07) is 15.1. The second kappa shape index (κ2) is 8.30. The van der Waals surface area contributed by atoms with Crippen molar-refractivity contribution in [3.63, 3.8) is 0 Å². The maximum Gasteiger partial charge on any atom is 0.208 e. The van der Waals surface area contributed by atoms with Gasteiger partial charge >= 0.3 is 0 Å². The first kappa shape index (κ1) is 20.6. The van der Waals surface area contributed by atoms with Crippen molar-refractivity contribution in [2.45, 2.75) is 40.2 Å². The van der Waals surface area contributed by atoms with E-state index in [1.807, 2.05) is 18.5 Å². The highest BCUT2D eigenvalue weighted by atomic mass is 15.2. The Balaban J connectivity index is 1.55. The normalized spacial score (nSPS) is 13.5. The first-order valence-corrected chi connectivity index (χ1v) is 11.4. The molecule has 4 aromatic rings. The van der Waals surface area contributed by atoms with Gasteiger partial charge in [-0.3, -0.25) is 4.98 Å². The predicted molar refractivity (Wildman–Crippen MR) is 133 cm³/mol. The van der Waals surface area contributed by atoms with Gasteiger partial charge in [-0.15, -0.1) is 0 Å². The Kier molecular flexibility index (Phi) is 5.33. The molecule has 1 saturated carbocycles. The number of fused-ring (bicyclic) bond motifs is 1. The highest BCUT2D eigenvalue weighted by molar-refractivity contribution is 5.91. The molecule has 0 spiro atoms. The molecule has 5 rings (SSSR count). The van der Waals surface area contributed by atoms with Crippen LogP contribution in [0.15, 0.2) is 54.9 Å². The van der Waals surface area contributed by atoms with E-state index in [4.69, 9.17) is 4.98 Å². The molecule has 5 heteroatoms. The largest absolute Gasteiger partial charge is 0.365 e. The number of nitrogens with zero attached hydrogens (tertiary/aromatic N) is 4. The number of para-hydroxylation sites is 1. The van der Waals surface area contributed by atoms with E-state index in [0.717, 1.165) is 36.2 Å². The Morgan fingerprint density at radius 1 is 1.06 bits per heavy atom. The molecule has 0 bridgehead atoms. The number of imidazole rings is 1. The highest BCUT2D eigenvalue weighted by Crippen LogP contribution is 2.36. The van der Waals surface area contributed by atoms with Crippen LogP contribution in [0.4, 0.5) is 17.3 Å². The Morgan fingerprint density at radius 2 is 1.84 bits per heavy atom. The van der Waals surface area contributed by atoms with Gasteiger partial charge in [0.15, 0.2) is 0 Å². The van der Waals surface area contributed by atoms with Crippen LogP contribution in [-0.2, 0) is 13.6 Å². The van der Waals surface area contributed by atoms with Gasteiger partial charge in [0.05, 0.1) is 16.7 Å². The number of hydrogen-bond donors (Lipinski definition) is 1. The van der Waals surface area contributed by atoms with Gasteiger partial charge in [0.2, 0.25) is 5.95 Å². The highest BCUT2D eigenvalue weighted by Gasteiger charge is 2.26. The minimum Gasteiger partial charge on any atom is -0.365 e. The molecule has 0 amide bonds. The fourth-order valence-corrected chi connectivity index (χ4v) is 4.68. The molecule has 32 heavy (non-hydrogen) atoms. The van der Waals surface area contributed by atoms with Crippen molar-refractivity contribution in [2.75, 3.05) is 16.8 Å². The molecule has 2 heterocycles. The third-order valence-electron chi connectivity index (χ3n) is 6.40. The van der Waals surface area contributed by atoms with Crippen molar-refractivity contribution in [1.29, 1.82) is 0 Å². The van der Waals surface area contributed by atoms with Crippen LogP contribution in [-0.4, -0.2) is 21.1 Å².